The quantitative estimate of drug-likeness (QED) is 0.939. The summed E-state index contributed by atoms with van der Waals surface area (Å²) in [6.45, 7) is -1.39. The van der Waals surface area contributed by atoms with Gasteiger partial charge in [0.25, 0.3) is 5.91 Å². The second kappa shape index (κ2) is 6.79. The first kappa shape index (κ1) is 16.3. The molecule has 0 aliphatic carbocycles. The van der Waals surface area contributed by atoms with Crippen molar-refractivity contribution in [2.45, 2.75) is 6.18 Å². The van der Waals surface area contributed by atoms with Gasteiger partial charge in [-0.1, -0.05) is 0 Å². The highest BCUT2D eigenvalue weighted by Crippen LogP contribution is 2.20. The molecule has 1 aromatic heterocycles. The van der Waals surface area contributed by atoms with Crippen LogP contribution in [0.25, 0.3) is 0 Å². The van der Waals surface area contributed by atoms with E-state index in [1.54, 1.807) is 5.32 Å². The molecule has 0 spiro atoms. The number of nitrogens with zero attached hydrogens (tertiary/aromatic N) is 2. The van der Waals surface area contributed by atoms with Crippen LogP contribution in [-0.2, 0) is 0 Å². The first-order valence-electron chi connectivity index (χ1n) is 6.36. The van der Waals surface area contributed by atoms with Gasteiger partial charge in [0, 0.05) is 17.8 Å². The Morgan fingerprint density at radius 2 is 1.91 bits per heavy atom. The van der Waals surface area contributed by atoms with Crippen molar-refractivity contribution in [2.75, 3.05) is 6.54 Å². The highest BCUT2D eigenvalue weighted by atomic mass is 19.4. The van der Waals surface area contributed by atoms with Crippen LogP contribution in [0.5, 0.6) is 11.6 Å². The lowest BCUT2D eigenvalue weighted by Crippen LogP contribution is -2.33. The van der Waals surface area contributed by atoms with Gasteiger partial charge < -0.3 is 10.1 Å². The fourth-order valence-electron chi connectivity index (χ4n) is 1.58. The molecule has 1 amide bonds. The molecule has 0 fully saturated rings. The van der Waals surface area contributed by atoms with Gasteiger partial charge in [-0.2, -0.15) is 18.4 Å². The molecule has 0 saturated carbocycles. The lowest BCUT2D eigenvalue weighted by Gasteiger charge is -2.09. The molecule has 0 aliphatic rings. The molecule has 0 aliphatic heterocycles. The van der Waals surface area contributed by atoms with Gasteiger partial charge >= 0.3 is 6.18 Å². The maximum atomic E-state index is 12.0. The Balaban J connectivity index is 1.98. The first-order valence-corrected chi connectivity index (χ1v) is 6.36. The standard InChI is InChI=1S/C15H10F3N3O2/c16-15(17,18)9-21-14(22)11-2-4-12(5-3-11)23-13-6-1-10(7-19)8-20-13/h1-6,8H,9H2,(H,21,22). The molecule has 0 saturated heterocycles. The third-order valence-corrected chi connectivity index (χ3v) is 2.65. The first-order chi connectivity index (χ1) is 10.9. The van der Waals surface area contributed by atoms with E-state index in [1.807, 2.05) is 6.07 Å². The SMILES string of the molecule is N#Cc1ccc(Oc2ccc(C(=O)NCC(F)(F)F)cc2)nc1. The summed E-state index contributed by atoms with van der Waals surface area (Å²) in [6, 6.07) is 10.5. The van der Waals surface area contributed by atoms with E-state index in [9.17, 15) is 18.0 Å². The van der Waals surface area contributed by atoms with Gasteiger partial charge in [-0.05, 0) is 30.3 Å². The smallest absolute Gasteiger partial charge is 0.405 e. The highest BCUT2D eigenvalue weighted by molar-refractivity contribution is 5.94. The van der Waals surface area contributed by atoms with Gasteiger partial charge in [-0.25, -0.2) is 4.98 Å². The number of carbonyl (C=O) groups excluding carboxylic acids is 1. The second-order valence-electron chi connectivity index (χ2n) is 4.42. The number of carbonyl (C=O) groups is 1. The Kier molecular flexibility index (Phi) is 4.81. The topological polar surface area (TPSA) is 75.0 Å². The summed E-state index contributed by atoms with van der Waals surface area (Å²) in [7, 11) is 0. The summed E-state index contributed by atoms with van der Waals surface area (Å²) in [5.41, 5.74) is 0.462. The maximum absolute atomic E-state index is 12.0. The van der Waals surface area contributed by atoms with Gasteiger partial charge in [0.15, 0.2) is 0 Å². The van der Waals surface area contributed by atoms with Crippen LogP contribution in [-0.4, -0.2) is 23.6 Å². The van der Waals surface area contributed by atoms with E-state index in [2.05, 4.69) is 4.98 Å². The van der Waals surface area contributed by atoms with Crippen molar-refractivity contribution < 1.29 is 22.7 Å². The maximum Gasteiger partial charge on any atom is 0.405 e. The number of hydrogen-bond donors (Lipinski definition) is 1. The van der Waals surface area contributed by atoms with E-state index >= 15 is 0 Å². The van der Waals surface area contributed by atoms with Crippen LogP contribution < -0.4 is 10.1 Å². The number of alkyl halides is 3. The van der Waals surface area contributed by atoms with E-state index in [1.165, 1.54) is 42.6 Å². The number of pyridine rings is 1. The fourth-order valence-corrected chi connectivity index (χ4v) is 1.58. The number of rotatable bonds is 4. The number of nitrogens with one attached hydrogen (secondary N) is 1. The molecule has 0 bridgehead atoms. The minimum absolute atomic E-state index is 0.0781. The van der Waals surface area contributed by atoms with Crippen LogP contribution in [0, 0.1) is 11.3 Å². The van der Waals surface area contributed by atoms with Crippen molar-refractivity contribution >= 4 is 5.91 Å². The molecule has 5 nitrogen and oxygen atoms in total. The molecule has 1 aromatic carbocycles. The number of hydrogen-bond acceptors (Lipinski definition) is 4. The third-order valence-electron chi connectivity index (χ3n) is 2.65. The van der Waals surface area contributed by atoms with Gasteiger partial charge in [0.2, 0.25) is 5.88 Å². The Bertz CT molecular complexity index is 720. The molecular formula is C15H10F3N3O2. The van der Waals surface area contributed by atoms with E-state index in [0.717, 1.165) is 0 Å². The van der Waals surface area contributed by atoms with E-state index in [4.69, 9.17) is 10.00 Å². The summed E-state index contributed by atoms with van der Waals surface area (Å²) in [4.78, 5) is 15.4. The van der Waals surface area contributed by atoms with Crippen LogP contribution in [0.15, 0.2) is 42.6 Å². The van der Waals surface area contributed by atoms with Crippen molar-refractivity contribution in [1.82, 2.24) is 10.3 Å². The number of halogens is 3. The Labute approximate surface area is 129 Å². The molecule has 118 valence electrons. The summed E-state index contributed by atoms with van der Waals surface area (Å²) < 4.78 is 41.5. The number of benzene rings is 1. The zero-order valence-corrected chi connectivity index (χ0v) is 11.6. The average Bonchev–Trinajstić information content (AvgIpc) is 2.53. The highest BCUT2D eigenvalue weighted by Gasteiger charge is 2.27. The Morgan fingerprint density at radius 3 is 2.43 bits per heavy atom. The molecule has 1 heterocycles. The Morgan fingerprint density at radius 1 is 1.22 bits per heavy atom. The van der Waals surface area contributed by atoms with Crippen molar-refractivity contribution in [3.63, 3.8) is 0 Å². The third kappa shape index (κ3) is 5.00. The number of amides is 1. The van der Waals surface area contributed by atoms with Crippen molar-refractivity contribution in [1.29, 1.82) is 5.26 Å². The van der Waals surface area contributed by atoms with Crippen LogP contribution in [0.2, 0.25) is 0 Å². The molecule has 2 rings (SSSR count). The average molecular weight is 321 g/mol. The summed E-state index contributed by atoms with van der Waals surface area (Å²) in [5, 5.41) is 10.4. The van der Waals surface area contributed by atoms with Gasteiger partial charge in [0.05, 0.1) is 5.56 Å². The molecule has 23 heavy (non-hydrogen) atoms. The predicted octanol–water partition coefficient (Wildman–Crippen LogP) is 3.04. The molecule has 0 radical (unpaired) electrons. The summed E-state index contributed by atoms with van der Waals surface area (Å²) in [5.74, 6) is -0.224. The summed E-state index contributed by atoms with van der Waals surface area (Å²) >= 11 is 0. The van der Waals surface area contributed by atoms with Crippen molar-refractivity contribution in [3.8, 4) is 17.7 Å². The van der Waals surface area contributed by atoms with Crippen molar-refractivity contribution in [3.05, 3.63) is 53.7 Å². The summed E-state index contributed by atoms with van der Waals surface area (Å²) in [6.07, 6.45) is -3.12. The lowest BCUT2D eigenvalue weighted by molar-refractivity contribution is -0.123. The minimum Gasteiger partial charge on any atom is -0.439 e. The number of nitriles is 1. The minimum atomic E-state index is -4.46. The van der Waals surface area contributed by atoms with E-state index in [-0.39, 0.29) is 11.4 Å². The van der Waals surface area contributed by atoms with Crippen molar-refractivity contribution in [2.24, 2.45) is 0 Å². The zero-order valence-electron chi connectivity index (χ0n) is 11.6. The zero-order chi connectivity index (χ0) is 16.9. The van der Waals surface area contributed by atoms with Crippen LogP contribution >= 0.6 is 0 Å². The van der Waals surface area contributed by atoms with Gasteiger partial charge in [-0.15, -0.1) is 0 Å². The predicted molar refractivity (Wildman–Crippen MR) is 73.9 cm³/mol. The largest absolute Gasteiger partial charge is 0.439 e. The molecule has 8 heteroatoms. The molecular weight excluding hydrogens is 311 g/mol. The molecule has 2 aromatic rings. The molecule has 0 atom stereocenters. The normalized spacial score (nSPS) is 10.7. The van der Waals surface area contributed by atoms with Gasteiger partial charge in [0.1, 0.15) is 18.4 Å². The van der Waals surface area contributed by atoms with Crippen LogP contribution in [0.1, 0.15) is 15.9 Å². The monoisotopic (exact) mass is 321 g/mol. The lowest BCUT2D eigenvalue weighted by atomic mass is 10.2. The fraction of sp³-hybridized carbons (Fsp3) is 0.133. The van der Waals surface area contributed by atoms with Crippen LogP contribution in [0.3, 0.4) is 0 Å². The molecule has 1 N–H and O–H groups in total. The number of aromatic nitrogens is 1. The Hall–Kier alpha value is -3.08. The number of ether oxygens (including phenoxy) is 1. The van der Waals surface area contributed by atoms with E-state index < -0.39 is 18.6 Å². The molecule has 0 unspecified atom stereocenters. The van der Waals surface area contributed by atoms with Crippen LogP contribution in [0.4, 0.5) is 13.2 Å². The van der Waals surface area contributed by atoms with E-state index in [0.29, 0.717) is 11.3 Å². The second-order valence-corrected chi connectivity index (χ2v) is 4.42. The van der Waals surface area contributed by atoms with Gasteiger partial charge in [-0.3, -0.25) is 4.79 Å².